The zero-order valence-corrected chi connectivity index (χ0v) is 12.8. The van der Waals surface area contributed by atoms with E-state index in [0.717, 1.165) is 25.7 Å². The Morgan fingerprint density at radius 1 is 1.00 bits per heavy atom. The maximum Gasteiger partial charge on any atom is 0.413 e. The third kappa shape index (κ3) is 6.16. The lowest BCUT2D eigenvalue weighted by molar-refractivity contribution is -0.121. The number of amides is 2. The van der Waals surface area contributed by atoms with E-state index in [9.17, 15) is 9.59 Å². The molecule has 1 aromatic carbocycles. The Balaban J connectivity index is 1.67. The van der Waals surface area contributed by atoms with Crippen LogP contribution in [-0.4, -0.2) is 24.6 Å². The molecule has 1 saturated carbocycles. The predicted molar refractivity (Wildman–Crippen MR) is 84.7 cm³/mol. The molecule has 120 valence electrons. The van der Waals surface area contributed by atoms with E-state index in [-0.39, 0.29) is 18.5 Å². The molecule has 0 unspecified atom stereocenters. The van der Waals surface area contributed by atoms with Crippen molar-refractivity contribution < 1.29 is 14.3 Å². The molecule has 1 aromatic rings. The lowest BCUT2D eigenvalue weighted by atomic mass is 9.97. The maximum absolute atomic E-state index is 11.9. The van der Waals surface area contributed by atoms with Crippen LogP contribution < -0.4 is 15.4 Å². The van der Waals surface area contributed by atoms with Gasteiger partial charge in [0.2, 0.25) is 5.91 Å². The van der Waals surface area contributed by atoms with Crippen LogP contribution in [-0.2, 0) is 4.79 Å². The second-order valence-corrected chi connectivity index (χ2v) is 5.67. The van der Waals surface area contributed by atoms with Gasteiger partial charge in [0.1, 0.15) is 12.3 Å². The van der Waals surface area contributed by atoms with Crippen molar-refractivity contribution in [1.29, 1.82) is 0 Å². The molecule has 2 N–H and O–H groups in total. The summed E-state index contributed by atoms with van der Waals surface area (Å²) in [6, 6.07) is 9.02. The van der Waals surface area contributed by atoms with Gasteiger partial charge in [0.05, 0.1) is 0 Å². The first-order valence-corrected chi connectivity index (χ1v) is 8.04. The van der Waals surface area contributed by atoms with Crippen LogP contribution in [0.4, 0.5) is 4.79 Å². The standard InChI is InChI=1S/C17H24N2O3/c20-16(19-14-9-5-2-1-3-6-10-14)13-18-17(21)22-15-11-7-4-8-12-15/h4,7-8,11-12,14H,1-3,5-6,9-10,13H2,(H,18,21)(H,19,20). The van der Waals surface area contributed by atoms with Crippen molar-refractivity contribution in [3.05, 3.63) is 30.3 Å². The third-order valence-electron chi connectivity index (χ3n) is 3.82. The number of para-hydroxylation sites is 1. The predicted octanol–water partition coefficient (Wildman–Crippen LogP) is 3.00. The number of nitrogens with one attached hydrogen (secondary N) is 2. The SMILES string of the molecule is O=C(CNC(=O)Oc1ccccc1)NC1CCCCCCC1. The first-order valence-electron chi connectivity index (χ1n) is 8.04. The van der Waals surface area contributed by atoms with Crippen LogP contribution in [0, 0.1) is 0 Å². The molecule has 0 saturated heterocycles. The molecular weight excluding hydrogens is 280 g/mol. The van der Waals surface area contributed by atoms with Crippen molar-refractivity contribution in [3.63, 3.8) is 0 Å². The van der Waals surface area contributed by atoms with Crippen molar-refractivity contribution in [2.45, 2.75) is 51.0 Å². The highest BCUT2D eigenvalue weighted by molar-refractivity contribution is 5.82. The second-order valence-electron chi connectivity index (χ2n) is 5.67. The fourth-order valence-corrected chi connectivity index (χ4v) is 2.66. The normalized spacial score (nSPS) is 16.2. The van der Waals surface area contributed by atoms with Crippen molar-refractivity contribution in [1.82, 2.24) is 10.6 Å². The summed E-state index contributed by atoms with van der Waals surface area (Å²) in [6.07, 6.45) is 7.55. The summed E-state index contributed by atoms with van der Waals surface area (Å²) in [5.74, 6) is 0.302. The number of benzene rings is 1. The van der Waals surface area contributed by atoms with E-state index in [2.05, 4.69) is 10.6 Å². The lowest BCUT2D eigenvalue weighted by Crippen LogP contribution is -2.42. The van der Waals surface area contributed by atoms with Crippen molar-refractivity contribution in [2.24, 2.45) is 0 Å². The summed E-state index contributed by atoms with van der Waals surface area (Å²) in [6.45, 7) is -0.0534. The van der Waals surface area contributed by atoms with Crippen molar-refractivity contribution in [3.8, 4) is 5.75 Å². The highest BCUT2D eigenvalue weighted by Gasteiger charge is 2.14. The molecule has 22 heavy (non-hydrogen) atoms. The molecule has 5 heteroatoms. The zero-order valence-electron chi connectivity index (χ0n) is 12.8. The van der Waals surface area contributed by atoms with E-state index in [1.165, 1.54) is 19.3 Å². The minimum absolute atomic E-state index is 0.0534. The largest absolute Gasteiger partial charge is 0.413 e. The first-order chi connectivity index (χ1) is 10.7. The monoisotopic (exact) mass is 304 g/mol. The number of carbonyl (C=O) groups excluding carboxylic acids is 2. The van der Waals surface area contributed by atoms with Gasteiger partial charge in [-0.1, -0.05) is 50.3 Å². The second kappa shape index (κ2) is 9.07. The molecule has 0 aliphatic heterocycles. The molecule has 0 aromatic heterocycles. The molecular formula is C17H24N2O3. The van der Waals surface area contributed by atoms with Crippen LogP contribution in [0.25, 0.3) is 0 Å². The highest BCUT2D eigenvalue weighted by Crippen LogP contribution is 2.16. The number of ether oxygens (including phenoxy) is 1. The summed E-state index contributed by atoms with van der Waals surface area (Å²) in [5.41, 5.74) is 0. The Kier molecular flexibility index (Phi) is 6.74. The molecule has 0 bridgehead atoms. The fraction of sp³-hybridized carbons (Fsp3) is 0.529. The Labute approximate surface area is 131 Å². The van der Waals surface area contributed by atoms with Gasteiger partial charge in [-0.15, -0.1) is 0 Å². The molecule has 5 nitrogen and oxygen atoms in total. The van der Waals surface area contributed by atoms with E-state index in [1.807, 2.05) is 6.07 Å². The Morgan fingerprint density at radius 2 is 1.64 bits per heavy atom. The average Bonchev–Trinajstić information content (AvgIpc) is 2.49. The van der Waals surface area contributed by atoms with Crippen LogP contribution in [0.2, 0.25) is 0 Å². The van der Waals surface area contributed by atoms with Gasteiger partial charge in [0, 0.05) is 6.04 Å². The van der Waals surface area contributed by atoms with E-state index in [4.69, 9.17) is 4.74 Å². The minimum atomic E-state index is -0.612. The number of hydrogen-bond acceptors (Lipinski definition) is 3. The summed E-state index contributed by atoms with van der Waals surface area (Å²) in [7, 11) is 0. The molecule has 2 rings (SSSR count). The summed E-state index contributed by atoms with van der Waals surface area (Å²) >= 11 is 0. The molecule has 1 aliphatic rings. The highest BCUT2D eigenvalue weighted by atomic mass is 16.6. The summed E-state index contributed by atoms with van der Waals surface area (Å²) in [4.78, 5) is 23.5. The third-order valence-corrected chi connectivity index (χ3v) is 3.82. The van der Waals surface area contributed by atoms with E-state index >= 15 is 0 Å². The topological polar surface area (TPSA) is 67.4 Å². The smallest absolute Gasteiger partial charge is 0.410 e. The van der Waals surface area contributed by atoms with Gasteiger partial charge in [-0.05, 0) is 25.0 Å². The van der Waals surface area contributed by atoms with Crippen LogP contribution in [0.1, 0.15) is 44.9 Å². The molecule has 0 heterocycles. The molecule has 1 aliphatic carbocycles. The maximum atomic E-state index is 11.9. The van der Waals surface area contributed by atoms with Crippen LogP contribution in [0.3, 0.4) is 0 Å². The Morgan fingerprint density at radius 3 is 2.32 bits per heavy atom. The summed E-state index contributed by atoms with van der Waals surface area (Å²) < 4.78 is 5.06. The average molecular weight is 304 g/mol. The quantitative estimate of drug-likeness (QED) is 0.898. The molecule has 2 amide bonds. The van der Waals surface area contributed by atoms with Gasteiger partial charge >= 0.3 is 6.09 Å². The number of hydrogen-bond donors (Lipinski definition) is 2. The Hall–Kier alpha value is -2.04. The zero-order chi connectivity index (χ0) is 15.6. The van der Waals surface area contributed by atoms with Gasteiger partial charge < -0.3 is 15.4 Å². The van der Waals surface area contributed by atoms with Crippen molar-refractivity contribution >= 4 is 12.0 Å². The van der Waals surface area contributed by atoms with Crippen LogP contribution in [0.5, 0.6) is 5.75 Å². The van der Waals surface area contributed by atoms with Crippen molar-refractivity contribution in [2.75, 3.05) is 6.54 Å². The van der Waals surface area contributed by atoms with Gasteiger partial charge in [-0.2, -0.15) is 0 Å². The van der Waals surface area contributed by atoms with E-state index in [1.54, 1.807) is 24.3 Å². The molecule has 0 radical (unpaired) electrons. The van der Waals surface area contributed by atoms with Crippen LogP contribution >= 0.6 is 0 Å². The van der Waals surface area contributed by atoms with E-state index in [0.29, 0.717) is 5.75 Å². The number of carbonyl (C=O) groups is 2. The summed E-state index contributed by atoms with van der Waals surface area (Å²) in [5, 5.41) is 5.47. The van der Waals surface area contributed by atoms with Gasteiger partial charge in [0.25, 0.3) is 0 Å². The fourth-order valence-electron chi connectivity index (χ4n) is 2.66. The molecule has 0 atom stereocenters. The lowest BCUT2D eigenvalue weighted by Gasteiger charge is -2.21. The molecule has 1 fully saturated rings. The molecule has 0 spiro atoms. The Bertz CT molecular complexity index is 468. The van der Waals surface area contributed by atoms with Gasteiger partial charge in [-0.3, -0.25) is 4.79 Å². The number of rotatable bonds is 4. The van der Waals surface area contributed by atoms with Gasteiger partial charge in [0.15, 0.2) is 0 Å². The minimum Gasteiger partial charge on any atom is -0.410 e. The first kappa shape index (κ1) is 16.3. The van der Waals surface area contributed by atoms with Gasteiger partial charge in [-0.25, -0.2) is 4.79 Å². The van der Waals surface area contributed by atoms with E-state index < -0.39 is 6.09 Å². The van der Waals surface area contributed by atoms with Crippen LogP contribution in [0.15, 0.2) is 30.3 Å².